The van der Waals surface area contributed by atoms with Crippen molar-refractivity contribution in [3.63, 3.8) is 0 Å². The van der Waals surface area contributed by atoms with Crippen molar-refractivity contribution in [3.8, 4) is 0 Å². The summed E-state index contributed by atoms with van der Waals surface area (Å²) in [6, 6.07) is 7.37. The van der Waals surface area contributed by atoms with Gasteiger partial charge >= 0.3 is 0 Å². The van der Waals surface area contributed by atoms with Crippen LogP contribution in [-0.2, 0) is 0 Å². The lowest BCUT2D eigenvalue weighted by Crippen LogP contribution is -2.04. The second-order valence-corrected chi connectivity index (χ2v) is 5.89. The van der Waals surface area contributed by atoms with Crippen molar-refractivity contribution in [2.45, 2.75) is 6.92 Å². The zero-order valence-corrected chi connectivity index (χ0v) is 13.2. The molecular weight excluding hydrogens is 377 g/mol. The zero-order valence-electron chi connectivity index (χ0n) is 10.0. The SMILES string of the molecule is Cc1cc(Br)c(C(=O)c2cc(N)cc(F)c2)cc1Br. The van der Waals surface area contributed by atoms with Gasteiger partial charge < -0.3 is 5.73 Å². The van der Waals surface area contributed by atoms with E-state index < -0.39 is 5.82 Å². The Bertz CT molecular complexity index is 650. The molecule has 0 fully saturated rings. The smallest absolute Gasteiger partial charge is 0.194 e. The van der Waals surface area contributed by atoms with E-state index in [4.69, 9.17) is 5.73 Å². The summed E-state index contributed by atoms with van der Waals surface area (Å²) in [5.41, 5.74) is 7.47. The fourth-order valence-corrected chi connectivity index (χ4v) is 2.70. The van der Waals surface area contributed by atoms with Crippen LogP contribution in [-0.4, -0.2) is 5.78 Å². The molecule has 0 saturated heterocycles. The highest BCUT2D eigenvalue weighted by Crippen LogP contribution is 2.28. The summed E-state index contributed by atoms with van der Waals surface area (Å²) < 4.78 is 14.8. The monoisotopic (exact) mass is 385 g/mol. The molecule has 0 spiro atoms. The van der Waals surface area contributed by atoms with E-state index in [2.05, 4.69) is 31.9 Å². The van der Waals surface area contributed by atoms with Crippen molar-refractivity contribution in [2.24, 2.45) is 0 Å². The maximum Gasteiger partial charge on any atom is 0.194 e. The quantitative estimate of drug-likeness (QED) is 0.611. The van der Waals surface area contributed by atoms with Crippen molar-refractivity contribution in [3.05, 3.63) is 61.8 Å². The fraction of sp³-hybridized carbons (Fsp3) is 0.0714. The Labute approximate surface area is 127 Å². The van der Waals surface area contributed by atoms with E-state index in [1.807, 2.05) is 13.0 Å². The van der Waals surface area contributed by atoms with Crippen molar-refractivity contribution in [1.82, 2.24) is 0 Å². The molecule has 0 heterocycles. The minimum Gasteiger partial charge on any atom is -0.399 e. The average Bonchev–Trinajstić information content (AvgIpc) is 2.31. The third-order valence-corrected chi connectivity index (χ3v) is 4.19. The number of hydrogen-bond donors (Lipinski definition) is 1. The van der Waals surface area contributed by atoms with Crippen LogP contribution in [0.3, 0.4) is 0 Å². The van der Waals surface area contributed by atoms with Gasteiger partial charge in [0.2, 0.25) is 0 Å². The molecule has 0 atom stereocenters. The maximum atomic E-state index is 13.3. The van der Waals surface area contributed by atoms with E-state index >= 15 is 0 Å². The summed E-state index contributed by atoms with van der Waals surface area (Å²) >= 11 is 6.73. The number of carbonyl (C=O) groups is 1. The van der Waals surface area contributed by atoms with Crippen LogP contribution >= 0.6 is 31.9 Å². The van der Waals surface area contributed by atoms with Gasteiger partial charge in [-0.3, -0.25) is 4.79 Å². The molecule has 0 aliphatic rings. The molecule has 0 unspecified atom stereocenters. The second kappa shape index (κ2) is 5.43. The Morgan fingerprint density at radius 1 is 1.11 bits per heavy atom. The van der Waals surface area contributed by atoms with E-state index in [-0.39, 0.29) is 17.0 Å². The predicted octanol–water partition coefficient (Wildman–Crippen LogP) is 4.47. The minimum absolute atomic E-state index is 0.227. The van der Waals surface area contributed by atoms with Crippen LogP contribution in [0.2, 0.25) is 0 Å². The highest BCUT2D eigenvalue weighted by atomic mass is 79.9. The zero-order chi connectivity index (χ0) is 14.2. The van der Waals surface area contributed by atoms with Gasteiger partial charge in [-0.15, -0.1) is 0 Å². The molecular formula is C14H10Br2FNO. The van der Waals surface area contributed by atoms with Gasteiger partial charge in [0.25, 0.3) is 0 Å². The third-order valence-electron chi connectivity index (χ3n) is 2.68. The van der Waals surface area contributed by atoms with Crippen LogP contribution in [0.5, 0.6) is 0 Å². The lowest BCUT2D eigenvalue weighted by atomic mass is 10.0. The van der Waals surface area contributed by atoms with Crippen LogP contribution in [0.1, 0.15) is 21.5 Å². The number of anilines is 1. The number of rotatable bonds is 2. The van der Waals surface area contributed by atoms with Gasteiger partial charge in [-0.1, -0.05) is 31.9 Å². The molecule has 19 heavy (non-hydrogen) atoms. The Hall–Kier alpha value is -1.20. The first-order valence-corrected chi connectivity index (χ1v) is 7.03. The van der Waals surface area contributed by atoms with E-state index in [9.17, 15) is 9.18 Å². The summed E-state index contributed by atoms with van der Waals surface area (Å²) in [6.07, 6.45) is 0. The van der Waals surface area contributed by atoms with Gasteiger partial charge in [-0.25, -0.2) is 4.39 Å². The van der Waals surface area contributed by atoms with Crippen LogP contribution in [0, 0.1) is 12.7 Å². The van der Waals surface area contributed by atoms with Crippen molar-refractivity contribution in [1.29, 1.82) is 0 Å². The average molecular weight is 387 g/mol. The number of halogens is 3. The van der Waals surface area contributed by atoms with Gasteiger partial charge in [0.05, 0.1) is 0 Å². The molecule has 0 amide bonds. The molecule has 0 radical (unpaired) electrons. The number of hydrogen-bond acceptors (Lipinski definition) is 2. The first-order valence-electron chi connectivity index (χ1n) is 5.45. The lowest BCUT2D eigenvalue weighted by Gasteiger charge is -2.08. The van der Waals surface area contributed by atoms with Crippen molar-refractivity contribution < 1.29 is 9.18 Å². The normalized spacial score (nSPS) is 10.5. The minimum atomic E-state index is -0.523. The summed E-state index contributed by atoms with van der Waals surface area (Å²) in [5, 5.41) is 0. The van der Waals surface area contributed by atoms with Crippen LogP contribution in [0.15, 0.2) is 39.3 Å². The van der Waals surface area contributed by atoms with Gasteiger partial charge in [0.1, 0.15) is 5.82 Å². The van der Waals surface area contributed by atoms with Crippen molar-refractivity contribution >= 4 is 43.3 Å². The Morgan fingerprint density at radius 3 is 2.42 bits per heavy atom. The molecule has 2 rings (SSSR count). The largest absolute Gasteiger partial charge is 0.399 e. The van der Waals surface area contributed by atoms with Crippen LogP contribution < -0.4 is 5.73 Å². The number of nitrogens with two attached hydrogens (primary N) is 1. The van der Waals surface area contributed by atoms with Gasteiger partial charge in [0.15, 0.2) is 5.78 Å². The van der Waals surface area contributed by atoms with E-state index in [0.717, 1.165) is 10.0 Å². The van der Waals surface area contributed by atoms with Crippen LogP contribution in [0.4, 0.5) is 10.1 Å². The number of aryl methyl sites for hydroxylation is 1. The van der Waals surface area contributed by atoms with Gasteiger partial charge in [-0.2, -0.15) is 0 Å². The number of nitrogen functional groups attached to an aromatic ring is 1. The first kappa shape index (κ1) is 14.2. The molecule has 0 aliphatic carbocycles. The highest BCUT2D eigenvalue weighted by molar-refractivity contribution is 9.11. The number of carbonyl (C=O) groups excluding carboxylic acids is 1. The van der Waals surface area contributed by atoms with Crippen molar-refractivity contribution in [2.75, 3.05) is 5.73 Å². The first-order chi connectivity index (χ1) is 8.88. The second-order valence-electron chi connectivity index (χ2n) is 4.18. The number of ketones is 1. The summed E-state index contributed by atoms with van der Waals surface area (Å²) in [6.45, 7) is 1.92. The van der Waals surface area contributed by atoms with Gasteiger partial charge in [-0.05, 0) is 42.8 Å². The lowest BCUT2D eigenvalue weighted by molar-refractivity contribution is 0.103. The summed E-state index contributed by atoms with van der Waals surface area (Å²) in [4.78, 5) is 12.4. The van der Waals surface area contributed by atoms with Gasteiger partial charge in [0, 0.05) is 25.8 Å². The Balaban J connectivity index is 2.53. The highest BCUT2D eigenvalue weighted by Gasteiger charge is 2.15. The molecule has 2 nitrogen and oxygen atoms in total. The third kappa shape index (κ3) is 3.04. The molecule has 5 heteroatoms. The topological polar surface area (TPSA) is 43.1 Å². The number of benzene rings is 2. The molecule has 0 bridgehead atoms. The van der Waals surface area contributed by atoms with Crippen LogP contribution in [0.25, 0.3) is 0 Å². The maximum absolute atomic E-state index is 13.3. The fourth-order valence-electron chi connectivity index (χ4n) is 1.72. The Kier molecular flexibility index (Phi) is 4.06. The summed E-state index contributed by atoms with van der Waals surface area (Å²) in [7, 11) is 0. The van der Waals surface area contributed by atoms with E-state index in [1.54, 1.807) is 6.07 Å². The molecule has 0 saturated carbocycles. The summed E-state index contributed by atoms with van der Waals surface area (Å²) in [5.74, 6) is -0.801. The molecule has 0 aromatic heterocycles. The molecule has 2 N–H and O–H groups in total. The van der Waals surface area contributed by atoms with E-state index in [0.29, 0.717) is 10.0 Å². The Morgan fingerprint density at radius 2 is 1.79 bits per heavy atom. The standard InChI is InChI=1S/C14H10Br2FNO/c1-7-2-13(16)11(6-12(7)15)14(19)8-3-9(17)5-10(18)4-8/h2-6H,18H2,1H3. The molecule has 2 aromatic rings. The molecule has 2 aromatic carbocycles. The molecule has 98 valence electrons. The van der Waals surface area contributed by atoms with E-state index in [1.165, 1.54) is 18.2 Å². The molecule has 0 aliphatic heterocycles. The predicted molar refractivity (Wildman–Crippen MR) is 80.8 cm³/mol.